The molecule has 0 radical (unpaired) electrons. The summed E-state index contributed by atoms with van der Waals surface area (Å²) in [5, 5.41) is 2.91. The van der Waals surface area contributed by atoms with Gasteiger partial charge in [0.1, 0.15) is 12.4 Å². The Morgan fingerprint density at radius 3 is 2.90 bits per heavy atom. The second kappa shape index (κ2) is 9.02. The molecule has 0 aromatic heterocycles. The molecule has 20 heavy (non-hydrogen) atoms. The summed E-state index contributed by atoms with van der Waals surface area (Å²) >= 11 is 0. The van der Waals surface area contributed by atoms with E-state index in [0.29, 0.717) is 30.2 Å². The van der Waals surface area contributed by atoms with Crippen molar-refractivity contribution in [3.05, 3.63) is 36.4 Å². The first-order valence-electron chi connectivity index (χ1n) is 7.10. The zero-order valence-corrected chi connectivity index (χ0v) is 12.2. The van der Waals surface area contributed by atoms with Crippen molar-refractivity contribution >= 4 is 11.6 Å². The summed E-state index contributed by atoms with van der Waals surface area (Å²) in [6.07, 6.45) is 6.19. The van der Waals surface area contributed by atoms with E-state index in [1.807, 2.05) is 0 Å². The highest BCUT2D eigenvalue weighted by Crippen LogP contribution is 2.22. The molecule has 110 valence electrons. The van der Waals surface area contributed by atoms with Crippen LogP contribution in [-0.4, -0.2) is 19.1 Å². The van der Waals surface area contributed by atoms with E-state index in [0.717, 1.165) is 12.8 Å². The Morgan fingerprint density at radius 1 is 1.40 bits per heavy atom. The van der Waals surface area contributed by atoms with Gasteiger partial charge in [0, 0.05) is 12.1 Å². The van der Waals surface area contributed by atoms with Crippen LogP contribution in [-0.2, 0) is 0 Å². The predicted molar refractivity (Wildman–Crippen MR) is 83.0 cm³/mol. The van der Waals surface area contributed by atoms with Gasteiger partial charge in [0.15, 0.2) is 0 Å². The van der Waals surface area contributed by atoms with Crippen molar-refractivity contribution < 1.29 is 9.53 Å². The summed E-state index contributed by atoms with van der Waals surface area (Å²) in [7, 11) is 0. The highest BCUT2D eigenvalue weighted by Gasteiger charge is 2.08. The third kappa shape index (κ3) is 5.34. The first kappa shape index (κ1) is 16.1. The average Bonchev–Trinajstić information content (AvgIpc) is 2.46. The van der Waals surface area contributed by atoms with E-state index in [1.54, 1.807) is 24.3 Å². The Hall–Kier alpha value is -1.97. The van der Waals surface area contributed by atoms with Crippen molar-refractivity contribution in [3.8, 4) is 5.75 Å². The minimum Gasteiger partial charge on any atom is -0.487 e. The van der Waals surface area contributed by atoms with Gasteiger partial charge in [-0.05, 0) is 24.6 Å². The third-order valence-electron chi connectivity index (χ3n) is 2.95. The lowest BCUT2D eigenvalue weighted by atomic mass is 10.1. The van der Waals surface area contributed by atoms with Crippen LogP contribution in [0.2, 0.25) is 0 Å². The summed E-state index contributed by atoms with van der Waals surface area (Å²) in [6.45, 7) is 6.82. The molecule has 1 rings (SSSR count). The molecule has 4 nitrogen and oxygen atoms in total. The number of nitrogens with one attached hydrogen (secondary N) is 1. The fourth-order valence-corrected chi connectivity index (χ4v) is 1.81. The highest BCUT2D eigenvalue weighted by molar-refractivity contribution is 5.95. The lowest BCUT2D eigenvalue weighted by molar-refractivity contribution is 0.0952. The number of amides is 1. The van der Waals surface area contributed by atoms with Crippen molar-refractivity contribution in [1.29, 1.82) is 0 Å². The maximum absolute atomic E-state index is 12.0. The predicted octanol–water partition coefficient (Wildman–Crippen LogP) is 3.14. The SMILES string of the molecule is C=CCOc1cc(C(=O)NCCCCCC)ccc1N. The molecule has 1 amide bonds. The number of unbranched alkanes of at least 4 members (excludes halogenated alkanes) is 3. The zero-order valence-electron chi connectivity index (χ0n) is 12.2. The second-order valence-corrected chi connectivity index (χ2v) is 4.67. The van der Waals surface area contributed by atoms with Gasteiger partial charge in [-0.3, -0.25) is 4.79 Å². The first-order chi connectivity index (χ1) is 9.69. The number of anilines is 1. The van der Waals surface area contributed by atoms with E-state index in [1.165, 1.54) is 12.8 Å². The summed E-state index contributed by atoms with van der Waals surface area (Å²) in [6, 6.07) is 5.06. The van der Waals surface area contributed by atoms with Gasteiger partial charge in [-0.1, -0.05) is 38.8 Å². The number of nitrogen functional groups attached to an aromatic ring is 1. The molecule has 0 fully saturated rings. The molecular weight excluding hydrogens is 252 g/mol. The molecule has 0 aliphatic carbocycles. The molecule has 1 aromatic carbocycles. The number of nitrogens with two attached hydrogens (primary N) is 1. The Morgan fingerprint density at radius 2 is 2.20 bits per heavy atom. The summed E-state index contributed by atoms with van der Waals surface area (Å²) in [5.74, 6) is 0.425. The molecule has 0 bridgehead atoms. The normalized spacial score (nSPS) is 10.1. The Labute approximate surface area is 121 Å². The Balaban J connectivity index is 2.52. The Bertz CT molecular complexity index is 444. The maximum atomic E-state index is 12.0. The van der Waals surface area contributed by atoms with Gasteiger partial charge in [0.05, 0.1) is 5.69 Å². The van der Waals surface area contributed by atoms with E-state index in [4.69, 9.17) is 10.5 Å². The molecule has 0 heterocycles. The van der Waals surface area contributed by atoms with E-state index in [2.05, 4.69) is 18.8 Å². The van der Waals surface area contributed by atoms with Crippen LogP contribution in [0, 0.1) is 0 Å². The molecule has 0 spiro atoms. The van der Waals surface area contributed by atoms with Crippen LogP contribution >= 0.6 is 0 Å². The fraction of sp³-hybridized carbons (Fsp3) is 0.438. The van der Waals surface area contributed by atoms with E-state index in [-0.39, 0.29) is 5.91 Å². The van der Waals surface area contributed by atoms with Gasteiger partial charge in [-0.25, -0.2) is 0 Å². The van der Waals surface area contributed by atoms with Crippen molar-refractivity contribution in [1.82, 2.24) is 5.32 Å². The lowest BCUT2D eigenvalue weighted by Gasteiger charge is -2.10. The van der Waals surface area contributed by atoms with E-state index >= 15 is 0 Å². The van der Waals surface area contributed by atoms with Gasteiger partial charge in [-0.2, -0.15) is 0 Å². The number of ether oxygens (including phenoxy) is 1. The molecular formula is C16H24N2O2. The number of rotatable bonds is 9. The standard InChI is InChI=1S/C16H24N2O2/c1-3-5-6-7-10-18-16(19)13-8-9-14(17)15(12-13)20-11-4-2/h4,8-9,12H,2-3,5-7,10-11,17H2,1H3,(H,18,19). The quantitative estimate of drug-likeness (QED) is 0.414. The van der Waals surface area contributed by atoms with Crippen LogP contribution < -0.4 is 15.8 Å². The third-order valence-corrected chi connectivity index (χ3v) is 2.95. The molecule has 0 unspecified atom stereocenters. The topological polar surface area (TPSA) is 64.3 Å². The molecule has 0 aliphatic rings. The zero-order chi connectivity index (χ0) is 14.8. The fourth-order valence-electron chi connectivity index (χ4n) is 1.81. The smallest absolute Gasteiger partial charge is 0.251 e. The van der Waals surface area contributed by atoms with Crippen molar-refractivity contribution in [2.75, 3.05) is 18.9 Å². The number of hydrogen-bond acceptors (Lipinski definition) is 3. The molecule has 1 aromatic rings. The van der Waals surface area contributed by atoms with Gasteiger partial charge < -0.3 is 15.8 Å². The van der Waals surface area contributed by atoms with Crippen LogP contribution in [0.1, 0.15) is 43.0 Å². The summed E-state index contributed by atoms with van der Waals surface area (Å²) in [5.41, 5.74) is 6.88. The van der Waals surface area contributed by atoms with Crippen LogP contribution in [0.3, 0.4) is 0 Å². The second-order valence-electron chi connectivity index (χ2n) is 4.67. The van der Waals surface area contributed by atoms with Crippen molar-refractivity contribution in [3.63, 3.8) is 0 Å². The maximum Gasteiger partial charge on any atom is 0.251 e. The van der Waals surface area contributed by atoms with Crippen molar-refractivity contribution in [2.45, 2.75) is 32.6 Å². The molecule has 0 saturated heterocycles. The average molecular weight is 276 g/mol. The van der Waals surface area contributed by atoms with E-state index < -0.39 is 0 Å². The number of carbonyl (C=O) groups excluding carboxylic acids is 1. The van der Waals surface area contributed by atoms with Gasteiger partial charge in [0.25, 0.3) is 5.91 Å². The van der Waals surface area contributed by atoms with Gasteiger partial charge >= 0.3 is 0 Å². The van der Waals surface area contributed by atoms with Crippen LogP contribution in [0.15, 0.2) is 30.9 Å². The van der Waals surface area contributed by atoms with Crippen LogP contribution in [0.4, 0.5) is 5.69 Å². The molecule has 4 heteroatoms. The monoisotopic (exact) mass is 276 g/mol. The number of benzene rings is 1. The van der Waals surface area contributed by atoms with Crippen molar-refractivity contribution in [2.24, 2.45) is 0 Å². The first-order valence-corrected chi connectivity index (χ1v) is 7.10. The van der Waals surface area contributed by atoms with Gasteiger partial charge in [-0.15, -0.1) is 0 Å². The summed E-state index contributed by atoms with van der Waals surface area (Å²) in [4.78, 5) is 12.0. The molecule has 0 saturated carbocycles. The largest absolute Gasteiger partial charge is 0.487 e. The van der Waals surface area contributed by atoms with E-state index in [9.17, 15) is 4.79 Å². The minimum atomic E-state index is -0.0926. The minimum absolute atomic E-state index is 0.0926. The number of hydrogen-bond donors (Lipinski definition) is 2. The van der Waals surface area contributed by atoms with Gasteiger partial charge in [0.2, 0.25) is 0 Å². The Kier molecular flexibility index (Phi) is 7.25. The lowest BCUT2D eigenvalue weighted by Crippen LogP contribution is -2.24. The highest BCUT2D eigenvalue weighted by atomic mass is 16.5. The number of carbonyl (C=O) groups is 1. The summed E-state index contributed by atoms with van der Waals surface area (Å²) < 4.78 is 5.41. The van der Waals surface area contributed by atoms with Crippen LogP contribution in [0.25, 0.3) is 0 Å². The van der Waals surface area contributed by atoms with Crippen LogP contribution in [0.5, 0.6) is 5.75 Å². The molecule has 0 aliphatic heterocycles. The molecule has 0 atom stereocenters. The molecule has 3 N–H and O–H groups in total.